The van der Waals surface area contributed by atoms with Gasteiger partial charge in [-0.15, -0.1) is 0 Å². The first kappa shape index (κ1) is 17.3. The third-order valence-corrected chi connectivity index (χ3v) is 4.54. The molecule has 0 aliphatic carbocycles. The number of fused-ring (bicyclic) bond motifs is 1. The first-order valence-corrected chi connectivity index (χ1v) is 8.61. The van der Waals surface area contributed by atoms with Gasteiger partial charge in [0.25, 0.3) is 0 Å². The quantitative estimate of drug-likeness (QED) is 0.495. The topological polar surface area (TPSA) is 71.2 Å². The van der Waals surface area contributed by atoms with E-state index in [1.807, 2.05) is 53.1 Å². The molecule has 1 amide bonds. The van der Waals surface area contributed by atoms with Crippen molar-refractivity contribution in [2.45, 2.75) is 0 Å². The van der Waals surface area contributed by atoms with E-state index < -0.39 is 0 Å². The van der Waals surface area contributed by atoms with Crippen molar-refractivity contribution in [2.24, 2.45) is 0 Å². The molecule has 0 saturated heterocycles. The summed E-state index contributed by atoms with van der Waals surface area (Å²) in [5, 5.41) is 9.20. The van der Waals surface area contributed by atoms with Gasteiger partial charge in [-0.1, -0.05) is 24.3 Å². The van der Waals surface area contributed by atoms with Crippen molar-refractivity contribution >= 4 is 28.8 Å². The Balaban J connectivity index is 1.87. The Morgan fingerprint density at radius 2 is 1.89 bits per heavy atom. The maximum Gasteiger partial charge on any atom is 0.218 e. The highest BCUT2D eigenvalue weighted by Gasteiger charge is 2.17. The van der Waals surface area contributed by atoms with E-state index in [2.05, 4.69) is 11.1 Å². The molecule has 1 heterocycles. The van der Waals surface area contributed by atoms with Crippen molar-refractivity contribution in [3.63, 3.8) is 0 Å². The van der Waals surface area contributed by atoms with Crippen LogP contribution in [-0.2, 0) is 4.79 Å². The zero-order chi connectivity index (χ0) is 19.5. The van der Waals surface area contributed by atoms with E-state index in [0.717, 1.165) is 23.1 Å². The molecule has 0 fully saturated rings. The lowest BCUT2D eigenvalue weighted by atomic mass is 10.1. The van der Waals surface area contributed by atoms with Gasteiger partial charge in [0.1, 0.15) is 18.1 Å². The Morgan fingerprint density at radius 3 is 2.68 bits per heavy atom. The fraction of sp³-hybridized carbons (Fsp3) is 0.0455. The number of aromatic nitrogens is 2. The summed E-state index contributed by atoms with van der Waals surface area (Å²) in [4.78, 5) is 18.0. The molecular weight excluding hydrogens is 352 g/mol. The Labute approximate surface area is 161 Å². The molecule has 0 atom stereocenters. The number of carbonyl (C=O) groups excluding carboxylic acids is 1. The number of carbonyl (C=O) groups is 1. The fourth-order valence-electron chi connectivity index (χ4n) is 3.20. The number of methoxy groups -OCH3 is 1. The third-order valence-electron chi connectivity index (χ3n) is 4.54. The normalized spacial score (nSPS) is 10.4. The molecule has 0 spiro atoms. The van der Waals surface area contributed by atoms with Crippen molar-refractivity contribution in [3.8, 4) is 17.5 Å². The van der Waals surface area contributed by atoms with E-state index in [0.29, 0.717) is 22.7 Å². The molecule has 3 aromatic carbocycles. The molecule has 0 bridgehead atoms. The molecule has 136 valence electrons. The monoisotopic (exact) mass is 368 g/mol. The van der Waals surface area contributed by atoms with Crippen LogP contribution in [0.1, 0.15) is 5.56 Å². The summed E-state index contributed by atoms with van der Waals surface area (Å²) in [6.07, 6.45) is 2.49. The fourth-order valence-corrected chi connectivity index (χ4v) is 3.20. The number of amides is 1. The second-order valence-electron chi connectivity index (χ2n) is 6.06. The second-order valence-corrected chi connectivity index (χ2v) is 6.06. The standard InChI is InChI=1S/C22H16N4O2/c1-28-22-12-17(11-10-16(22)13-23)26(15-27)21-9-5-4-8-20(21)25-14-24-18-6-2-3-7-19(18)25/h2-12,14-15H,1H3. The van der Waals surface area contributed by atoms with Crippen LogP contribution >= 0.6 is 0 Å². The molecule has 0 unspecified atom stereocenters. The van der Waals surface area contributed by atoms with Crippen LogP contribution in [0.3, 0.4) is 0 Å². The zero-order valence-corrected chi connectivity index (χ0v) is 15.1. The van der Waals surface area contributed by atoms with Gasteiger partial charge in [0.2, 0.25) is 6.41 Å². The molecule has 0 aliphatic rings. The lowest BCUT2D eigenvalue weighted by Crippen LogP contribution is -2.16. The third kappa shape index (κ3) is 2.85. The molecule has 0 radical (unpaired) electrons. The minimum Gasteiger partial charge on any atom is -0.495 e. The van der Waals surface area contributed by atoms with Gasteiger partial charge in [-0.05, 0) is 36.4 Å². The number of nitrogens with zero attached hydrogens (tertiary/aromatic N) is 4. The van der Waals surface area contributed by atoms with E-state index in [-0.39, 0.29) is 0 Å². The van der Waals surface area contributed by atoms with E-state index in [1.54, 1.807) is 24.5 Å². The Hall–Kier alpha value is -4.11. The Bertz CT molecular complexity index is 1210. The van der Waals surface area contributed by atoms with Gasteiger partial charge < -0.3 is 4.74 Å². The van der Waals surface area contributed by atoms with E-state index in [1.165, 1.54) is 12.0 Å². The van der Waals surface area contributed by atoms with Crippen LogP contribution in [0.5, 0.6) is 5.75 Å². The van der Waals surface area contributed by atoms with Crippen molar-refractivity contribution in [1.82, 2.24) is 9.55 Å². The Kier molecular flexibility index (Phi) is 4.48. The molecular formula is C22H16N4O2. The number of hydrogen-bond donors (Lipinski definition) is 0. The van der Waals surface area contributed by atoms with Crippen LogP contribution in [0.25, 0.3) is 16.7 Å². The predicted molar refractivity (Wildman–Crippen MR) is 107 cm³/mol. The highest BCUT2D eigenvalue weighted by molar-refractivity contribution is 5.91. The minimum absolute atomic E-state index is 0.408. The van der Waals surface area contributed by atoms with Gasteiger partial charge in [-0.3, -0.25) is 14.3 Å². The smallest absolute Gasteiger partial charge is 0.218 e. The lowest BCUT2D eigenvalue weighted by molar-refractivity contribution is -0.106. The van der Waals surface area contributed by atoms with Crippen LogP contribution in [0, 0.1) is 11.3 Å². The molecule has 0 N–H and O–H groups in total. The van der Waals surface area contributed by atoms with Gasteiger partial charge in [0.15, 0.2) is 0 Å². The maximum atomic E-state index is 12.0. The summed E-state index contributed by atoms with van der Waals surface area (Å²) in [6.45, 7) is 0. The van der Waals surface area contributed by atoms with Crippen molar-refractivity contribution in [1.29, 1.82) is 5.26 Å². The molecule has 6 nitrogen and oxygen atoms in total. The number of benzene rings is 3. The summed E-state index contributed by atoms with van der Waals surface area (Å²) >= 11 is 0. The van der Waals surface area contributed by atoms with Gasteiger partial charge in [0, 0.05) is 6.07 Å². The largest absolute Gasteiger partial charge is 0.495 e. The molecule has 6 heteroatoms. The van der Waals surface area contributed by atoms with Crippen molar-refractivity contribution < 1.29 is 9.53 Å². The lowest BCUT2D eigenvalue weighted by Gasteiger charge is -2.22. The number of anilines is 2. The van der Waals surface area contributed by atoms with E-state index >= 15 is 0 Å². The summed E-state index contributed by atoms with van der Waals surface area (Å²) in [7, 11) is 1.50. The summed E-state index contributed by atoms with van der Waals surface area (Å²) in [5.41, 5.74) is 4.32. The van der Waals surface area contributed by atoms with Gasteiger partial charge in [0.05, 0.1) is 40.8 Å². The highest BCUT2D eigenvalue weighted by Crippen LogP contribution is 2.34. The number of nitriles is 1. The average molecular weight is 368 g/mol. The zero-order valence-electron chi connectivity index (χ0n) is 15.1. The molecule has 28 heavy (non-hydrogen) atoms. The van der Waals surface area contributed by atoms with Gasteiger partial charge in [-0.2, -0.15) is 5.26 Å². The van der Waals surface area contributed by atoms with Crippen LogP contribution in [0.2, 0.25) is 0 Å². The van der Waals surface area contributed by atoms with E-state index in [4.69, 9.17) is 4.74 Å². The average Bonchev–Trinajstić information content (AvgIpc) is 3.18. The number of imidazole rings is 1. The second kappa shape index (κ2) is 7.25. The number of ether oxygens (including phenoxy) is 1. The summed E-state index contributed by atoms with van der Waals surface area (Å²) in [5.74, 6) is 0.414. The highest BCUT2D eigenvalue weighted by atomic mass is 16.5. The SMILES string of the molecule is COc1cc(N(C=O)c2ccccc2-n2cnc3ccccc32)ccc1C#N. The van der Waals surface area contributed by atoms with Crippen LogP contribution in [0.15, 0.2) is 73.1 Å². The summed E-state index contributed by atoms with van der Waals surface area (Å²) in [6, 6.07) is 22.5. The predicted octanol–water partition coefficient (Wildman–Crippen LogP) is 4.20. The molecule has 0 saturated carbocycles. The maximum absolute atomic E-state index is 12.0. The van der Waals surface area contributed by atoms with Crippen molar-refractivity contribution in [3.05, 3.63) is 78.6 Å². The molecule has 1 aromatic heterocycles. The first-order valence-electron chi connectivity index (χ1n) is 8.61. The number of rotatable bonds is 5. The number of hydrogen-bond acceptors (Lipinski definition) is 4. The van der Waals surface area contributed by atoms with E-state index in [9.17, 15) is 10.1 Å². The molecule has 4 aromatic rings. The van der Waals surface area contributed by atoms with Crippen LogP contribution in [-0.4, -0.2) is 23.1 Å². The van der Waals surface area contributed by atoms with Crippen LogP contribution < -0.4 is 9.64 Å². The van der Waals surface area contributed by atoms with Gasteiger partial charge >= 0.3 is 0 Å². The Morgan fingerprint density at radius 1 is 1.11 bits per heavy atom. The number of para-hydroxylation sites is 4. The molecule has 0 aliphatic heterocycles. The molecule has 4 rings (SSSR count). The minimum atomic E-state index is 0.408. The first-order chi connectivity index (χ1) is 13.8. The summed E-state index contributed by atoms with van der Waals surface area (Å²) < 4.78 is 7.23. The van der Waals surface area contributed by atoms with Crippen LogP contribution in [0.4, 0.5) is 11.4 Å². The van der Waals surface area contributed by atoms with Crippen molar-refractivity contribution in [2.75, 3.05) is 12.0 Å². The van der Waals surface area contributed by atoms with Gasteiger partial charge in [-0.25, -0.2) is 4.98 Å².